The van der Waals surface area contributed by atoms with E-state index in [2.05, 4.69) is 16.0 Å². The van der Waals surface area contributed by atoms with Crippen molar-refractivity contribution in [2.24, 2.45) is 5.92 Å². The van der Waals surface area contributed by atoms with Crippen molar-refractivity contribution in [2.75, 3.05) is 0 Å². The number of esters is 1. The van der Waals surface area contributed by atoms with Crippen LogP contribution >= 0.6 is 11.6 Å². The number of carbonyl (C=O) groups is 5. The van der Waals surface area contributed by atoms with Crippen molar-refractivity contribution in [3.63, 3.8) is 0 Å². The Bertz CT molecular complexity index is 1610. The van der Waals surface area contributed by atoms with Gasteiger partial charge in [0.05, 0.1) is 5.52 Å². The highest BCUT2D eigenvalue weighted by molar-refractivity contribution is 6.33. The molecule has 12 nitrogen and oxygen atoms in total. The van der Waals surface area contributed by atoms with E-state index in [0.29, 0.717) is 29.3 Å². The van der Waals surface area contributed by atoms with E-state index in [1.165, 1.54) is 4.57 Å². The molecule has 13 heteroatoms. The van der Waals surface area contributed by atoms with Crippen LogP contribution in [-0.2, 0) is 30.3 Å². The predicted octanol–water partition coefficient (Wildman–Crippen LogP) is 6.87. The van der Waals surface area contributed by atoms with Gasteiger partial charge in [0.2, 0.25) is 11.8 Å². The van der Waals surface area contributed by atoms with E-state index < -0.39 is 53.2 Å². The molecule has 52 heavy (non-hydrogen) atoms. The molecule has 1 aliphatic heterocycles. The van der Waals surface area contributed by atoms with Gasteiger partial charge in [-0.25, -0.2) is 19.0 Å². The fourth-order valence-corrected chi connectivity index (χ4v) is 7.13. The second-order valence-corrected chi connectivity index (χ2v) is 16.8. The highest BCUT2D eigenvalue weighted by Gasteiger charge is 2.41. The van der Waals surface area contributed by atoms with Crippen molar-refractivity contribution in [1.29, 1.82) is 0 Å². The fourth-order valence-electron chi connectivity index (χ4n) is 6.79. The summed E-state index contributed by atoms with van der Waals surface area (Å²) in [7, 11) is 0. The zero-order chi connectivity index (χ0) is 38.5. The number of amides is 4. The molecule has 3 N–H and O–H groups in total. The number of fused-ring (bicyclic) bond motifs is 1. The maximum atomic E-state index is 14.3. The largest absolute Gasteiger partial charge is 0.458 e. The van der Waals surface area contributed by atoms with Crippen molar-refractivity contribution in [3.05, 3.63) is 35.0 Å². The molecule has 2 aliphatic rings. The van der Waals surface area contributed by atoms with Crippen LogP contribution in [-0.4, -0.2) is 80.8 Å². The summed E-state index contributed by atoms with van der Waals surface area (Å²) in [5, 5.41) is 9.39. The van der Waals surface area contributed by atoms with Crippen LogP contribution in [0.1, 0.15) is 119 Å². The average molecular weight is 744 g/mol. The number of aromatic nitrogens is 1. The Balaban J connectivity index is 1.70. The number of ether oxygens (including phenoxy) is 2. The second kappa shape index (κ2) is 16.9. The van der Waals surface area contributed by atoms with Crippen LogP contribution in [0.25, 0.3) is 10.9 Å². The zero-order valence-corrected chi connectivity index (χ0v) is 33.0. The summed E-state index contributed by atoms with van der Waals surface area (Å²) in [5.74, 6) is -1.79. The van der Waals surface area contributed by atoms with Crippen molar-refractivity contribution in [3.8, 4) is 0 Å². The number of likely N-dealkylation sites (tertiary alicyclic amines) is 1. The first kappa shape index (κ1) is 41.0. The van der Waals surface area contributed by atoms with E-state index in [1.807, 2.05) is 20.8 Å². The lowest BCUT2D eigenvalue weighted by Crippen LogP contribution is -2.60. The molecule has 2 heterocycles. The lowest BCUT2D eigenvalue weighted by molar-refractivity contribution is -0.159. The van der Waals surface area contributed by atoms with Crippen LogP contribution in [0.5, 0.6) is 0 Å². The number of carbonyl (C=O) groups excluding carboxylic acids is 5. The molecule has 288 valence electrons. The van der Waals surface area contributed by atoms with Crippen LogP contribution in [0.3, 0.4) is 0 Å². The summed E-state index contributed by atoms with van der Waals surface area (Å²) in [6.45, 7) is 16.5. The molecular weight excluding hydrogens is 686 g/mol. The van der Waals surface area contributed by atoms with E-state index in [4.69, 9.17) is 21.1 Å². The van der Waals surface area contributed by atoms with E-state index >= 15 is 0 Å². The van der Waals surface area contributed by atoms with E-state index in [-0.39, 0.29) is 35.6 Å². The Hall–Kier alpha value is -3.80. The van der Waals surface area contributed by atoms with Gasteiger partial charge in [0, 0.05) is 29.5 Å². The number of unbranched alkanes of at least 4 members (excludes halogenated alkanes) is 1. The van der Waals surface area contributed by atoms with E-state index in [9.17, 15) is 24.0 Å². The summed E-state index contributed by atoms with van der Waals surface area (Å²) in [6, 6.07) is 3.75. The monoisotopic (exact) mass is 743 g/mol. The Labute approximate surface area is 313 Å². The summed E-state index contributed by atoms with van der Waals surface area (Å²) in [6.07, 6.45) is 5.28. The molecule has 1 aliphatic carbocycles. The Morgan fingerprint density at radius 3 is 2.02 bits per heavy atom. The molecule has 4 rings (SSSR count). The SMILES string of the molecule is CCCC[C@@H](NC(=O)[C@@H](Cc1c(Cl)n(C(=O)OC(C)(C)C)c2ccccc12)NC(=O)C(NC(=O)N1[C@H](C)CCC[C@@H]1C)C1CC1)C(=O)OC(C)(C)C. The van der Waals surface area contributed by atoms with Gasteiger partial charge in [-0.3, -0.25) is 9.59 Å². The molecule has 2 aromatic rings. The first-order valence-electron chi connectivity index (χ1n) is 18.7. The molecule has 1 saturated carbocycles. The third-order valence-corrected chi connectivity index (χ3v) is 9.87. The smallest absolute Gasteiger partial charge is 0.420 e. The second-order valence-electron chi connectivity index (χ2n) is 16.4. The number of nitrogens with one attached hydrogen (secondary N) is 3. The minimum absolute atomic E-state index is 0.0301. The fraction of sp³-hybridized carbons (Fsp3) is 0.667. The summed E-state index contributed by atoms with van der Waals surface area (Å²) in [4.78, 5) is 70.6. The summed E-state index contributed by atoms with van der Waals surface area (Å²) < 4.78 is 12.6. The van der Waals surface area contributed by atoms with Crippen LogP contribution in [0.4, 0.5) is 9.59 Å². The molecule has 0 bridgehead atoms. The van der Waals surface area contributed by atoms with Crippen molar-refractivity contribution in [1.82, 2.24) is 25.4 Å². The number of nitrogens with zero attached hydrogens (tertiary/aromatic N) is 2. The third kappa shape index (κ3) is 10.6. The van der Waals surface area contributed by atoms with Gasteiger partial charge in [-0.05, 0) is 106 Å². The topological polar surface area (TPSA) is 148 Å². The molecule has 4 amide bonds. The molecule has 1 aromatic heterocycles. The van der Waals surface area contributed by atoms with Crippen LogP contribution in [0.15, 0.2) is 24.3 Å². The van der Waals surface area contributed by atoms with E-state index in [0.717, 1.165) is 38.5 Å². The van der Waals surface area contributed by atoms with Gasteiger partial charge in [-0.1, -0.05) is 49.6 Å². The zero-order valence-electron chi connectivity index (χ0n) is 32.3. The van der Waals surface area contributed by atoms with Crippen molar-refractivity contribution >= 4 is 52.4 Å². The normalized spacial score (nSPS) is 19.7. The Morgan fingerprint density at radius 2 is 1.44 bits per heavy atom. The van der Waals surface area contributed by atoms with E-state index in [1.54, 1.807) is 70.7 Å². The van der Waals surface area contributed by atoms with Gasteiger partial charge in [0.15, 0.2) is 0 Å². The molecule has 0 radical (unpaired) electrons. The summed E-state index contributed by atoms with van der Waals surface area (Å²) >= 11 is 6.94. The maximum absolute atomic E-state index is 14.3. The van der Waals surface area contributed by atoms with Crippen LogP contribution in [0.2, 0.25) is 5.15 Å². The first-order valence-corrected chi connectivity index (χ1v) is 19.1. The minimum Gasteiger partial charge on any atom is -0.458 e. The highest BCUT2D eigenvalue weighted by Crippen LogP contribution is 2.35. The number of para-hydroxylation sites is 1. The minimum atomic E-state index is -1.24. The van der Waals surface area contributed by atoms with Gasteiger partial charge in [-0.2, -0.15) is 0 Å². The number of hydrogen-bond donors (Lipinski definition) is 3. The molecular formula is C39H58ClN5O7. The number of benzene rings is 1. The Kier molecular flexibility index (Phi) is 13.3. The molecule has 1 aromatic carbocycles. The maximum Gasteiger partial charge on any atom is 0.420 e. The van der Waals surface area contributed by atoms with Crippen molar-refractivity contribution < 1.29 is 33.4 Å². The first-order chi connectivity index (χ1) is 24.3. The van der Waals surface area contributed by atoms with Gasteiger partial charge >= 0.3 is 18.1 Å². The molecule has 1 saturated heterocycles. The van der Waals surface area contributed by atoms with Gasteiger partial charge in [0.1, 0.15) is 34.5 Å². The predicted molar refractivity (Wildman–Crippen MR) is 201 cm³/mol. The molecule has 0 spiro atoms. The van der Waals surface area contributed by atoms with Gasteiger partial charge in [0.25, 0.3) is 0 Å². The average Bonchev–Trinajstić information content (AvgIpc) is 3.83. The number of halogens is 1. The summed E-state index contributed by atoms with van der Waals surface area (Å²) in [5.41, 5.74) is -0.668. The number of hydrogen-bond acceptors (Lipinski definition) is 7. The number of urea groups is 1. The van der Waals surface area contributed by atoms with Gasteiger partial charge < -0.3 is 30.3 Å². The highest BCUT2D eigenvalue weighted by atomic mass is 35.5. The lowest BCUT2D eigenvalue weighted by Gasteiger charge is -2.39. The molecule has 1 unspecified atom stereocenters. The van der Waals surface area contributed by atoms with Crippen molar-refractivity contribution in [2.45, 2.75) is 162 Å². The standard InChI is InChI=1S/C39H58ClN5O7/c1-10-11-18-28(35(48)51-38(4,5)6)41-33(46)29(22-27-26-17-12-13-19-30(26)45(32(27)40)37(50)52-39(7,8)9)42-34(47)31(25-20-21-25)43-36(49)44-23(2)15-14-16-24(44)3/h12-13,17,19,23-25,28-29,31H,10-11,14-16,18,20-22H2,1-9H3,(H,41,46)(H,42,47)(H,43,49)/t23-,24+,28-,29-,31?/m1/s1. The quantitative estimate of drug-likeness (QED) is 0.201. The number of rotatable bonds is 12. The molecule has 5 atom stereocenters. The van der Waals surface area contributed by atoms with Crippen LogP contribution < -0.4 is 16.0 Å². The van der Waals surface area contributed by atoms with Crippen LogP contribution in [0, 0.1) is 5.92 Å². The lowest BCUT2D eigenvalue weighted by atomic mass is 9.98. The molecule has 2 fully saturated rings. The Morgan fingerprint density at radius 1 is 0.846 bits per heavy atom. The third-order valence-electron chi connectivity index (χ3n) is 9.47. The van der Waals surface area contributed by atoms with Gasteiger partial charge in [-0.15, -0.1) is 0 Å². The number of piperidine rings is 1.